The number of aliphatic hydroxyl groups excluding tert-OH is 1. The molecular formula is C16H27NO2. The summed E-state index contributed by atoms with van der Waals surface area (Å²) < 4.78 is 5.82. The SMILES string of the molecule is CCc1ccccc1OCCCCCCNCCO. The number of ether oxygens (including phenoxy) is 1. The molecule has 0 aromatic heterocycles. The van der Waals surface area contributed by atoms with Gasteiger partial charge in [0.1, 0.15) is 5.75 Å². The van der Waals surface area contributed by atoms with Crippen LogP contribution >= 0.6 is 0 Å². The van der Waals surface area contributed by atoms with E-state index in [4.69, 9.17) is 9.84 Å². The Morgan fingerprint density at radius 3 is 2.63 bits per heavy atom. The molecule has 0 amide bonds. The first-order valence-electron chi connectivity index (χ1n) is 7.40. The molecule has 1 aromatic rings. The van der Waals surface area contributed by atoms with Crippen molar-refractivity contribution in [1.29, 1.82) is 0 Å². The van der Waals surface area contributed by atoms with E-state index < -0.39 is 0 Å². The second-order valence-corrected chi connectivity index (χ2v) is 4.70. The highest BCUT2D eigenvalue weighted by atomic mass is 16.5. The van der Waals surface area contributed by atoms with Gasteiger partial charge in [0.25, 0.3) is 0 Å². The molecule has 3 heteroatoms. The summed E-state index contributed by atoms with van der Waals surface area (Å²) in [6.07, 6.45) is 5.72. The second kappa shape index (κ2) is 10.8. The number of hydrogen-bond acceptors (Lipinski definition) is 3. The molecule has 0 fully saturated rings. The lowest BCUT2D eigenvalue weighted by atomic mass is 10.1. The van der Waals surface area contributed by atoms with Gasteiger partial charge in [0.2, 0.25) is 0 Å². The van der Waals surface area contributed by atoms with E-state index in [2.05, 4.69) is 30.4 Å². The van der Waals surface area contributed by atoms with Gasteiger partial charge in [-0.2, -0.15) is 0 Å². The fourth-order valence-corrected chi connectivity index (χ4v) is 2.03. The fourth-order valence-electron chi connectivity index (χ4n) is 2.03. The minimum absolute atomic E-state index is 0.227. The van der Waals surface area contributed by atoms with Crippen LogP contribution in [0.5, 0.6) is 5.75 Å². The lowest BCUT2D eigenvalue weighted by Crippen LogP contribution is -2.19. The number of rotatable bonds is 11. The van der Waals surface area contributed by atoms with Crippen LogP contribution in [-0.4, -0.2) is 31.4 Å². The monoisotopic (exact) mass is 265 g/mol. The molecule has 2 N–H and O–H groups in total. The molecule has 1 aromatic carbocycles. The molecule has 108 valence electrons. The summed E-state index contributed by atoms with van der Waals surface area (Å²) in [6.45, 7) is 4.89. The minimum Gasteiger partial charge on any atom is -0.493 e. The Labute approximate surface area is 117 Å². The van der Waals surface area contributed by atoms with Gasteiger partial charge in [-0.25, -0.2) is 0 Å². The Bertz CT molecular complexity index is 328. The highest BCUT2D eigenvalue weighted by Crippen LogP contribution is 2.18. The minimum atomic E-state index is 0.227. The van der Waals surface area contributed by atoms with E-state index in [0.29, 0.717) is 6.54 Å². The molecule has 0 aliphatic rings. The number of unbranched alkanes of at least 4 members (excludes halogenated alkanes) is 3. The van der Waals surface area contributed by atoms with Gasteiger partial charge in [0.05, 0.1) is 13.2 Å². The lowest BCUT2D eigenvalue weighted by Gasteiger charge is -2.10. The average molecular weight is 265 g/mol. The van der Waals surface area contributed by atoms with Crippen LogP contribution < -0.4 is 10.1 Å². The molecule has 0 heterocycles. The number of benzene rings is 1. The van der Waals surface area contributed by atoms with Crippen LogP contribution in [0.15, 0.2) is 24.3 Å². The first kappa shape index (κ1) is 16.0. The molecule has 1 rings (SSSR count). The number of para-hydroxylation sites is 1. The smallest absolute Gasteiger partial charge is 0.122 e. The van der Waals surface area contributed by atoms with Crippen LogP contribution in [0, 0.1) is 0 Å². The van der Waals surface area contributed by atoms with Crippen LogP contribution in [0.3, 0.4) is 0 Å². The van der Waals surface area contributed by atoms with Crippen LogP contribution in [0.4, 0.5) is 0 Å². The Morgan fingerprint density at radius 1 is 1.05 bits per heavy atom. The molecule has 0 unspecified atom stereocenters. The molecule has 3 nitrogen and oxygen atoms in total. The van der Waals surface area contributed by atoms with Crippen molar-refractivity contribution in [3.63, 3.8) is 0 Å². The highest BCUT2D eigenvalue weighted by molar-refractivity contribution is 5.33. The van der Waals surface area contributed by atoms with Crippen molar-refractivity contribution in [2.75, 3.05) is 26.3 Å². The molecule has 0 aliphatic carbocycles. The van der Waals surface area contributed by atoms with Crippen molar-refractivity contribution in [2.45, 2.75) is 39.0 Å². The van der Waals surface area contributed by atoms with E-state index in [1.54, 1.807) is 0 Å². The summed E-state index contributed by atoms with van der Waals surface area (Å²) in [5, 5.41) is 11.8. The summed E-state index contributed by atoms with van der Waals surface area (Å²) in [5.41, 5.74) is 1.29. The first-order valence-corrected chi connectivity index (χ1v) is 7.40. The predicted octanol–water partition coefficient (Wildman–Crippen LogP) is 2.77. The summed E-state index contributed by atoms with van der Waals surface area (Å²) in [5.74, 6) is 1.04. The van der Waals surface area contributed by atoms with Crippen molar-refractivity contribution in [3.05, 3.63) is 29.8 Å². The summed E-state index contributed by atoms with van der Waals surface area (Å²) in [6, 6.07) is 8.27. The zero-order valence-corrected chi connectivity index (χ0v) is 12.0. The molecular weight excluding hydrogens is 238 g/mol. The van der Waals surface area contributed by atoms with Crippen LogP contribution in [-0.2, 0) is 6.42 Å². The Kier molecular flexibility index (Phi) is 9.11. The van der Waals surface area contributed by atoms with Crippen molar-refractivity contribution in [1.82, 2.24) is 5.32 Å². The van der Waals surface area contributed by atoms with Crippen molar-refractivity contribution >= 4 is 0 Å². The van der Waals surface area contributed by atoms with E-state index in [0.717, 1.165) is 31.7 Å². The van der Waals surface area contributed by atoms with Gasteiger partial charge < -0.3 is 15.2 Å². The maximum atomic E-state index is 8.61. The Morgan fingerprint density at radius 2 is 1.84 bits per heavy atom. The number of aryl methyl sites for hydroxylation is 1. The summed E-state index contributed by atoms with van der Waals surface area (Å²) in [4.78, 5) is 0. The van der Waals surface area contributed by atoms with Gasteiger partial charge in [0.15, 0.2) is 0 Å². The quantitative estimate of drug-likeness (QED) is 0.605. The third-order valence-electron chi connectivity index (χ3n) is 3.15. The first-order chi connectivity index (χ1) is 9.38. The number of nitrogens with one attached hydrogen (secondary N) is 1. The Balaban J connectivity index is 2.01. The molecule has 0 radical (unpaired) electrons. The van der Waals surface area contributed by atoms with Gasteiger partial charge >= 0.3 is 0 Å². The molecule has 0 atom stereocenters. The second-order valence-electron chi connectivity index (χ2n) is 4.70. The number of hydrogen-bond donors (Lipinski definition) is 2. The van der Waals surface area contributed by atoms with E-state index in [1.807, 2.05) is 6.07 Å². The van der Waals surface area contributed by atoms with Gasteiger partial charge in [-0.3, -0.25) is 0 Å². The van der Waals surface area contributed by atoms with Gasteiger partial charge in [-0.15, -0.1) is 0 Å². The zero-order chi connectivity index (χ0) is 13.8. The van der Waals surface area contributed by atoms with Crippen molar-refractivity contribution in [3.8, 4) is 5.75 Å². The molecule has 0 spiro atoms. The average Bonchev–Trinajstić information content (AvgIpc) is 2.46. The third-order valence-corrected chi connectivity index (χ3v) is 3.15. The third kappa shape index (κ3) is 7.19. The molecule has 0 aliphatic heterocycles. The molecule has 0 saturated carbocycles. The largest absolute Gasteiger partial charge is 0.493 e. The summed E-state index contributed by atoms with van der Waals surface area (Å²) >= 11 is 0. The maximum absolute atomic E-state index is 8.61. The maximum Gasteiger partial charge on any atom is 0.122 e. The van der Waals surface area contributed by atoms with E-state index in [1.165, 1.54) is 24.8 Å². The highest BCUT2D eigenvalue weighted by Gasteiger charge is 1.99. The molecule has 0 bridgehead atoms. The molecule has 0 saturated heterocycles. The van der Waals surface area contributed by atoms with Crippen LogP contribution in [0.25, 0.3) is 0 Å². The standard InChI is InChI=1S/C16H27NO2/c1-2-15-9-5-6-10-16(15)19-14-8-4-3-7-11-17-12-13-18/h5-6,9-10,17-18H,2-4,7-8,11-14H2,1H3. The van der Waals surface area contributed by atoms with E-state index >= 15 is 0 Å². The van der Waals surface area contributed by atoms with Crippen LogP contribution in [0.2, 0.25) is 0 Å². The van der Waals surface area contributed by atoms with Crippen molar-refractivity contribution < 1.29 is 9.84 Å². The van der Waals surface area contributed by atoms with Crippen LogP contribution in [0.1, 0.15) is 38.2 Å². The fraction of sp³-hybridized carbons (Fsp3) is 0.625. The number of aliphatic hydroxyl groups is 1. The topological polar surface area (TPSA) is 41.5 Å². The van der Waals surface area contributed by atoms with Gasteiger partial charge in [-0.05, 0) is 37.4 Å². The lowest BCUT2D eigenvalue weighted by molar-refractivity contribution is 0.290. The van der Waals surface area contributed by atoms with E-state index in [-0.39, 0.29) is 6.61 Å². The molecule has 19 heavy (non-hydrogen) atoms. The zero-order valence-electron chi connectivity index (χ0n) is 12.0. The van der Waals surface area contributed by atoms with Gasteiger partial charge in [-0.1, -0.05) is 38.0 Å². The Hall–Kier alpha value is -1.06. The van der Waals surface area contributed by atoms with Gasteiger partial charge in [0, 0.05) is 6.54 Å². The van der Waals surface area contributed by atoms with Crippen molar-refractivity contribution in [2.24, 2.45) is 0 Å². The predicted molar refractivity (Wildman–Crippen MR) is 79.7 cm³/mol. The summed E-state index contributed by atoms with van der Waals surface area (Å²) in [7, 11) is 0. The normalized spacial score (nSPS) is 10.6. The van der Waals surface area contributed by atoms with E-state index in [9.17, 15) is 0 Å².